The van der Waals surface area contributed by atoms with E-state index in [2.05, 4.69) is 9.46 Å². The van der Waals surface area contributed by atoms with Gasteiger partial charge in [0.05, 0.1) is 12.0 Å². The topological polar surface area (TPSA) is 72.5 Å². The number of hydrogen-bond donors (Lipinski definition) is 1. The zero-order valence-electron chi connectivity index (χ0n) is 10.4. The van der Waals surface area contributed by atoms with Crippen LogP contribution in [0.1, 0.15) is 12.5 Å². The number of rotatable bonds is 4. The van der Waals surface area contributed by atoms with Gasteiger partial charge in [-0.15, -0.1) is 0 Å². The van der Waals surface area contributed by atoms with Gasteiger partial charge < -0.3 is 4.74 Å². The number of ether oxygens (including phenoxy) is 1. The van der Waals surface area contributed by atoms with E-state index in [0.717, 1.165) is 11.6 Å². The van der Waals surface area contributed by atoms with E-state index in [1.807, 2.05) is 6.92 Å². The molecule has 0 radical (unpaired) electrons. The zero-order chi connectivity index (χ0) is 13.8. The maximum absolute atomic E-state index is 11.9. The van der Waals surface area contributed by atoms with Crippen molar-refractivity contribution < 1.29 is 17.9 Å². The molecule has 0 aliphatic carbocycles. The lowest BCUT2D eigenvalue weighted by atomic mass is 10.2. The van der Waals surface area contributed by atoms with Crippen molar-refractivity contribution in [3.63, 3.8) is 0 Å². The first kappa shape index (κ1) is 14.2. The van der Waals surface area contributed by atoms with Crippen molar-refractivity contribution in [1.29, 1.82) is 0 Å². The average Bonchev–Trinajstić information content (AvgIpc) is 2.28. The summed E-state index contributed by atoms with van der Waals surface area (Å²) in [4.78, 5) is 11.1. The summed E-state index contributed by atoms with van der Waals surface area (Å²) >= 11 is 0. The Balaban J connectivity index is 2.92. The fraction of sp³-hybridized carbons (Fsp3) is 0.250. The molecule has 0 heterocycles. The van der Waals surface area contributed by atoms with Gasteiger partial charge in [0.2, 0.25) is 0 Å². The molecule has 6 heteroatoms. The van der Waals surface area contributed by atoms with Gasteiger partial charge in [0.25, 0.3) is 10.0 Å². The Morgan fingerprint density at radius 2 is 1.83 bits per heavy atom. The third-order valence-corrected chi connectivity index (χ3v) is 3.65. The molecule has 0 aliphatic heterocycles. The van der Waals surface area contributed by atoms with Crippen LogP contribution in [0.5, 0.6) is 0 Å². The number of benzene rings is 1. The second-order valence-electron chi connectivity index (χ2n) is 3.77. The summed E-state index contributed by atoms with van der Waals surface area (Å²) in [7, 11) is -2.43. The average molecular weight is 269 g/mol. The van der Waals surface area contributed by atoms with Gasteiger partial charge in [-0.3, -0.25) is 4.72 Å². The number of sulfonamides is 1. The summed E-state index contributed by atoms with van der Waals surface area (Å²) in [6, 6.07) is 6.41. The van der Waals surface area contributed by atoms with Gasteiger partial charge in [0.1, 0.15) is 0 Å². The molecule has 1 aromatic carbocycles. The van der Waals surface area contributed by atoms with Crippen LogP contribution in [0.4, 0.5) is 0 Å². The fourth-order valence-corrected chi connectivity index (χ4v) is 2.35. The van der Waals surface area contributed by atoms with E-state index in [1.165, 1.54) is 26.2 Å². The molecular weight excluding hydrogens is 254 g/mol. The van der Waals surface area contributed by atoms with Crippen LogP contribution in [0.3, 0.4) is 0 Å². The van der Waals surface area contributed by atoms with Crippen LogP contribution in [0.2, 0.25) is 0 Å². The Labute approximate surface area is 107 Å². The summed E-state index contributed by atoms with van der Waals surface area (Å²) in [5.41, 5.74) is 1.16. The summed E-state index contributed by atoms with van der Waals surface area (Å²) < 4.78 is 30.5. The van der Waals surface area contributed by atoms with Gasteiger partial charge in [-0.2, -0.15) is 0 Å². The standard InChI is InChI=1S/C12H15NO4S/c1-9-4-6-11(7-5-9)18(15,16)13-10(2)8-12(14)17-3/h4-8,13H,1-3H3/b10-8-. The molecule has 0 aromatic heterocycles. The second-order valence-corrected chi connectivity index (χ2v) is 5.45. The smallest absolute Gasteiger partial charge is 0.332 e. The van der Waals surface area contributed by atoms with Crippen LogP contribution in [0.15, 0.2) is 40.9 Å². The normalized spacial score (nSPS) is 12.1. The van der Waals surface area contributed by atoms with Crippen LogP contribution in [0, 0.1) is 6.92 Å². The quantitative estimate of drug-likeness (QED) is 0.661. The molecule has 1 N–H and O–H groups in total. The van der Waals surface area contributed by atoms with E-state index in [9.17, 15) is 13.2 Å². The number of nitrogens with one attached hydrogen (secondary N) is 1. The van der Waals surface area contributed by atoms with Gasteiger partial charge in [-0.25, -0.2) is 13.2 Å². The number of allylic oxidation sites excluding steroid dienone is 1. The highest BCUT2D eigenvalue weighted by Gasteiger charge is 2.13. The Hall–Kier alpha value is -1.82. The molecule has 0 amide bonds. The molecule has 5 nitrogen and oxygen atoms in total. The molecule has 1 rings (SSSR count). The summed E-state index contributed by atoms with van der Waals surface area (Å²) in [5, 5.41) is 0. The maximum atomic E-state index is 11.9. The van der Waals surface area contributed by atoms with Gasteiger partial charge >= 0.3 is 5.97 Å². The molecule has 0 fully saturated rings. The largest absolute Gasteiger partial charge is 0.466 e. The molecule has 18 heavy (non-hydrogen) atoms. The third kappa shape index (κ3) is 3.89. The third-order valence-electron chi connectivity index (χ3n) is 2.16. The number of esters is 1. The lowest BCUT2D eigenvalue weighted by Gasteiger charge is -2.08. The highest BCUT2D eigenvalue weighted by Crippen LogP contribution is 2.11. The van der Waals surface area contributed by atoms with Crippen molar-refractivity contribution in [3.8, 4) is 0 Å². The van der Waals surface area contributed by atoms with Crippen molar-refractivity contribution in [2.45, 2.75) is 18.7 Å². The number of aryl methyl sites for hydroxylation is 1. The van der Waals surface area contributed by atoms with Crippen molar-refractivity contribution in [2.24, 2.45) is 0 Å². The predicted octanol–water partition coefficient (Wildman–Crippen LogP) is 1.35. The molecule has 1 aromatic rings. The van der Waals surface area contributed by atoms with E-state index in [4.69, 9.17) is 0 Å². The fourth-order valence-electron chi connectivity index (χ4n) is 1.25. The van der Waals surface area contributed by atoms with Crippen molar-refractivity contribution >= 4 is 16.0 Å². The van der Waals surface area contributed by atoms with Gasteiger partial charge in [0, 0.05) is 11.8 Å². The molecule has 0 spiro atoms. The van der Waals surface area contributed by atoms with Crippen molar-refractivity contribution in [1.82, 2.24) is 4.72 Å². The first-order chi connectivity index (χ1) is 8.35. The lowest BCUT2D eigenvalue weighted by Crippen LogP contribution is -2.22. The highest BCUT2D eigenvalue weighted by molar-refractivity contribution is 7.89. The SMILES string of the molecule is COC(=O)/C=C(/C)NS(=O)(=O)c1ccc(C)cc1. The van der Waals surface area contributed by atoms with E-state index >= 15 is 0 Å². The molecule has 0 bridgehead atoms. The molecule has 0 saturated heterocycles. The van der Waals surface area contributed by atoms with Crippen molar-refractivity contribution in [2.75, 3.05) is 7.11 Å². The van der Waals surface area contributed by atoms with E-state index in [0.29, 0.717) is 0 Å². The molecule has 98 valence electrons. The molecular formula is C12H15NO4S. The van der Waals surface area contributed by atoms with Gasteiger partial charge in [0.15, 0.2) is 0 Å². The number of methoxy groups -OCH3 is 1. The van der Waals surface area contributed by atoms with E-state index < -0.39 is 16.0 Å². The highest BCUT2D eigenvalue weighted by atomic mass is 32.2. The Morgan fingerprint density at radius 3 is 2.33 bits per heavy atom. The Bertz CT molecular complexity index is 558. The first-order valence-corrected chi connectivity index (χ1v) is 6.69. The number of carbonyl (C=O) groups is 1. The van der Waals surface area contributed by atoms with Gasteiger partial charge in [-0.05, 0) is 26.0 Å². The minimum absolute atomic E-state index is 0.144. The predicted molar refractivity (Wildman–Crippen MR) is 67.3 cm³/mol. The zero-order valence-corrected chi connectivity index (χ0v) is 11.2. The molecule has 0 unspecified atom stereocenters. The van der Waals surface area contributed by atoms with Crippen LogP contribution in [-0.4, -0.2) is 21.5 Å². The van der Waals surface area contributed by atoms with Crippen LogP contribution in [-0.2, 0) is 19.6 Å². The van der Waals surface area contributed by atoms with E-state index in [-0.39, 0.29) is 10.6 Å². The minimum Gasteiger partial charge on any atom is -0.466 e. The van der Waals surface area contributed by atoms with E-state index in [1.54, 1.807) is 12.1 Å². The summed E-state index contributed by atoms with van der Waals surface area (Å²) in [5.74, 6) is -0.612. The number of hydrogen-bond acceptors (Lipinski definition) is 4. The van der Waals surface area contributed by atoms with Crippen LogP contribution in [0.25, 0.3) is 0 Å². The molecule has 0 saturated carbocycles. The summed E-state index contributed by atoms with van der Waals surface area (Å²) in [6.45, 7) is 3.34. The van der Waals surface area contributed by atoms with Gasteiger partial charge in [-0.1, -0.05) is 17.7 Å². The Morgan fingerprint density at radius 1 is 1.28 bits per heavy atom. The maximum Gasteiger partial charge on any atom is 0.332 e. The lowest BCUT2D eigenvalue weighted by molar-refractivity contribution is -0.134. The first-order valence-electron chi connectivity index (χ1n) is 5.21. The minimum atomic E-state index is -3.66. The molecule has 0 atom stereocenters. The monoisotopic (exact) mass is 269 g/mol. The number of carbonyl (C=O) groups excluding carboxylic acids is 1. The Kier molecular flexibility index (Phi) is 4.49. The van der Waals surface area contributed by atoms with Crippen molar-refractivity contribution in [3.05, 3.63) is 41.6 Å². The van der Waals surface area contributed by atoms with Crippen LogP contribution < -0.4 is 4.72 Å². The second kappa shape index (κ2) is 5.68. The van der Waals surface area contributed by atoms with Crippen LogP contribution >= 0.6 is 0 Å². The molecule has 0 aliphatic rings. The summed E-state index contributed by atoms with van der Waals surface area (Å²) in [6.07, 6.45) is 1.08.